The third-order valence-electron chi connectivity index (χ3n) is 6.03. The zero-order chi connectivity index (χ0) is 20.2. The Bertz CT molecular complexity index is 854. The molecule has 150 valence electrons. The van der Waals surface area contributed by atoms with E-state index in [9.17, 15) is 23.9 Å². The summed E-state index contributed by atoms with van der Waals surface area (Å²) >= 11 is 0. The Hall–Kier alpha value is -2.84. The van der Waals surface area contributed by atoms with E-state index in [1.165, 1.54) is 17.9 Å². The lowest BCUT2D eigenvalue weighted by molar-refractivity contribution is -0.153. The Morgan fingerprint density at radius 1 is 1.39 bits per heavy atom. The van der Waals surface area contributed by atoms with Gasteiger partial charge < -0.3 is 20.1 Å². The second-order valence-corrected chi connectivity index (χ2v) is 8.10. The Morgan fingerprint density at radius 3 is 2.71 bits per heavy atom. The van der Waals surface area contributed by atoms with Gasteiger partial charge in [0.1, 0.15) is 11.9 Å². The van der Waals surface area contributed by atoms with Gasteiger partial charge in [0.05, 0.1) is 23.8 Å². The van der Waals surface area contributed by atoms with Crippen molar-refractivity contribution in [1.29, 1.82) is 0 Å². The van der Waals surface area contributed by atoms with Crippen molar-refractivity contribution in [3.05, 3.63) is 24.0 Å². The lowest BCUT2D eigenvalue weighted by Crippen LogP contribution is -2.63. The van der Waals surface area contributed by atoms with E-state index in [-0.39, 0.29) is 19.0 Å². The number of rotatable bonds is 3. The molecule has 3 atom stereocenters. The maximum absolute atomic E-state index is 14.6. The van der Waals surface area contributed by atoms with Crippen molar-refractivity contribution in [2.75, 3.05) is 36.0 Å². The number of carbonyl (C=O) groups excluding carboxylic acids is 2. The second kappa shape index (κ2) is 6.35. The molecule has 2 saturated heterocycles. The van der Waals surface area contributed by atoms with Crippen molar-refractivity contribution in [3.63, 3.8) is 0 Å². The van der Waals surface area contributed by atoms with Gasteiger partial charge in [-0.1, -0.05) is 6.92 Å². The quantitative estimate of drug-likeness (QED) is 0.809. The van der Waals surface area contributed by atoms with Gasteiger partial charge >= 0.3 is 12.1 Å². The second-order valence-electron chi connectivity index (χ2n) is 8.10. The highest BCUT2D eigenvalue weighted by Crippen LogP contribution is 2.47. The van der Waals surface area contributed by atoms with Crippen LogP contribution in [-0.4, -0.2) is 55.4 Å². The summed E-state index contributed by atoms with van der Waals surface area (Å²) in [6, 6.07) is 4.57. The first kappa shape index (κ1) is 18.5. The molecule has 2 N–H and O–H groups in total. The molecule has 0 radical (unpaired) electrons. The van der Waals surface area contributed by atoms with Gasteiger partial charge in [0.25, 0.3) is 0 Å². The van der Waals surface area contributed by atoms with E-state index in [2.05, 4.69) is 5.32 Å². The highest BCUT2D eigenvalue weighted by Gasteiger charge is 2.55. The molecule has 0 unspecified atom stereocenters. The van der Waals surface area contributed by atoms with E-state index >= 15 is 0 Å². The molecule has 0 aliphatic carbocycles. The molecule has 9 heteroatoms. The number of ether oxygens (including phenoxy) is 1. The van der Waals surface area contributed by atoms with Crippen LogP contribution in [0.1, 0.15) is 13.8 Å². The number of halogens is 1. The average Bonchev–Trinajstić information content (AvgIpc) is 2.96. The zero-order valence-corrected chi connectivity index (χ0v) is 15.6. The molecule has 1 aromatic rings. The summed E-state index contributed by atoms with van der Waals surface area (Å²) in [5.41, 5.74) is 0.0928. The Balaban J connectivity index is 1.79. The number of benzene rings is 1. The SMILES string of the molecule is CC(=O)NC[C@H]1[C@H]2CN(C(=O)O2)c2ccc(c(F)c2)N2CC(C)(C2)[C@H]1C(=O)O. The Kier molecular flexibility index (Phi) is 4.20. The molecule has 5 aliphatic rings. The van der Waals surface area contributed by atoms with Gasteiger partial charge in [-0.25, -0.2) is 9.18 Å². The number of fused-ring (bicyclic) bond motifs is 1. The fourth-order valence-corrected chi connectivity index (χ4v) is 4.75. The maximum Gasteiger partial charge on any atom is 0.414 e. The Morgan fingerprint density at radius 2 is 2.11 bits per heavy atom. The summed E-state index contributed by atoms with van der Waals surface area (Å²) in [5.74, 6) is -3.23. The number of carboxylic acids is 1. The maximum atomic E-state index is 14.6. The van der Waals surface area contributed by atoms with Crippen LogP contribution in [0.5, 0.6) is 0 Å². The number of nitrogens with one attached hydrogen (secondary N) is 1. The van der Waals surface area contributed by atoms with Crippen molar-refractivity contribution in [2.24, 2.45) is 17.3 Å². The molecule has 0 spiro atoms. The summed E-state index contributed by atoms with van der Waals surface area (Å²) in [5, 5.41) is 12.7. The van der Waals surface area contributed by atoms with Crippen LogP contribution in [-0.2, 0) is 14.3 Å². The smallest absolute Gasteiger partial charge is 0.414 e. The van der Waals surface area contributed by atoms with Gasteiger partial charge in [-0.15, -0.1) is 0 Å². The number of amides is 2. The van der Waals surface area contributed by atoms with Crippen molar-refractivity contribution in [2.45, 2.75) is 20.0 Å². The first-order chi connectivity index (χ1) is 13.2. The number of hydrogen-bond acceptors (Lipinski definition) is 5. The fraction of sp³-hybridized carbons (Fsp3) is 0.526. The van der Waals surface area contributed by atoms with E-state index in [1.807, 2.05) is 6.92 Å². The molecule has 8 nitrogen and oxygen atoms in total. The Labute approximate surface area is 161 Å². The summed E-state index contributed by atoms with van der Waals surface area (Å²) in [7, 11) is 0. The minimum atomic E-state index is -1.02. The minimum Gasteiger partial charge on any atom is -0.481 e. The summed E-state index contributed by atoms with van der Waals surface area (Å²) < 4.78 is 20.1. The van der Waals surface area contributed by atoms with Crippen LogP contribution < -0.4 is 15.1 Å². The molecule has 5 heterocycles. The summed E-state index contributed by atoms with van der Waals surface area (Å²) in [6.45, 7) is 4.11. The van der Waals surface area contributed by atoms with Crippen LogP contribution >= 0.6 is 0 Å². The molecule has 6 bridgehead atoms. The lowest BCUT2D eigenvalue weighted by Gasteiger charge is -2.54. The van der Waals surface area contributed by atoms with Gasteiger partial charge in [0.2, 0.25) is 5.91 Å². The molecule has 0 saturated carbocycles. The van der Waals surface area contributed by atoms with Crippen LogP contribution in [0.3, 0.4) is 0 Å². The third kappa shape index (κ3) is 2.85. The number of nitrogens with zero attached hydrogens (tertiary/aromatic N) is 2. The van der Waals surface area contributed by atoms with Crippen LogP contribution in [0, 0.1) is 23.1 Å². The molecular weight excluding hydrogens is 369 g/mol. The van der Waals surface area contributed by atoms with Gasteiger partial charge in [-0.05, 0) is 18.2 Å². The molecule has 28 heavy (non-hydrogen) atoms. The fourth-order valence-electron chi connectivity index (χ4n) is 4.75. The third-order valence-corrected chi connectivity index (χ3v) is 6.03. The molecular formula is C19H22FN3O5. The summed E-state index contributed by atoms with van der Waals surface area (Å²) in [6.07, 6.45) is -1.38. The van der Waals surface area contributed by atoms with Crippen LogP contribution in [0.2, 0.25) is 0 Å². The molecule has 2 fully saturated rings. The van der Waals surface area contributed by atoms with E-state index in [4.69, 9.17) is 4.74 Å². The van der Waals surface area contributed by atoms with Crippen molar-refractivity contribution >= 4 is 29.3 Å². The number of carboxylic acid groups (broad SMARTS) is 1. The standard InChI is InChI=1S/C19H22FN3O5/c1-10(24)21-6-12-15-7-23(18(27)28-15)11-3-4-14(13(20)5-11)22-8-19(2,9-22)16(12)17(25)26/h3-5,12,15-16H,6-9H2,1-2H3,(H,21,24)(H,25,26)/t12-,15+,16+/m0/s1. The average molecular weight is 391 g/mol. The minimum absolute atomic E-state index is 0.0830. The van der Waals surface area contributed by atoms with Gasteiger partial charge in [-0.3, -0.25) is 14.5 Å². The van der Waals surface area contributed by atoms with Crippen LogP contribution in [0.15, 0.2) is 18.2 Å². The highest BCUT2D eigenvalue weighted by atomic mass is 19.1. The van der Waals surface area contributed by atoms with Gasteiger partial charge in [0.15, 0.2) is 0 Å². The monoisotopic (exact) mass is 391 g/mol. The molecule has 2 amide bonds. The van der Waals surface area contributed by atoms with Crippen LogP contribution in [0.25, 0.3) is 0 Å². The number of anilines is 2. The zero-order valence-electron chi connectivity index (χ0n) is 15.6. The normalized spacial score (nSPS) is 30.8. The first-order valence-electron chi connectivity index (χ1n) is 9.19. The van der Waals surface area contributed by atoms with Gasteiger partial charge in [-0.2, -0.15) is 0 Å². The largest absolute Gasteiger partial charge is 0.481 e. The predicted octanol–water partition coefficient (Wildman–Crippen LogP) is 1.44. The number of carbonyl (C=O) groups is 3. The molecule has 5 aliphatic heterocycles. The number of aliphatic carboxylic acids is 1. The number of hydrogen-bond donors (Lipinski definition) is 2. The van der Waals surface area contributed by atoms with E-state index in [1.54, 1.807) is 17.0 Å². The topological polar surface area (TPSA) is 99.2 Å². The van der Waals surface area contributed by atoms with Crippen molar-refractivity contribution in [1.82, 2.24) is 5.32 Å². The van der Waals surface area contributed by atoms with Crippen molar-refractivity contribution in [3.8, 4) is 0 Å². The molecule has 1 aromatic carbocycles. The molecule has 6 rings (SSSR count). The molecule has 0 aromatic heterocycles. The van der Waals surface area contributed by atoms with Crippen molar-refractivity contribution < 1.29 is 28.6 Å². The van der Waals surface area contributed by atoms with E-state index in [0.29, 0.717) is 24.5 Å². The highest BCUT2D eigenvalue weighted by molar-refractivity contribution is 5.90. The van der Waals surface area contributed by atoms with Gasteiger partial charge in [0, 0.05) is 37.9 Å². The van der Waals surface area contributed by atoms with E-state index in [0.717, 1.165) is 0 Å². The first-order valence-corrected chi connectivity index (χ1v) is 9.19. The van der Waals surface area contributed by atoms with E-state index < -0.39 is 41.2 Å². The predicted molar refractivity (Wildman–Crippen MR) is 97.6 cm³/mol. The lowest BCUT2D eigenvalue weighted by atomic mass is 9.64. The van der Waals surface area contributed by atoms with Crippen LogP contribution in [0.4, 0.5) is 20.6 Å². The summed E-state index contributed by atoms with van der Waals surface area (Å²) in [4.78, 5) is 39.3.